The highest BCUT2D eigenvalue weighted by Crippen LogP contribution is 2.37. The molecule has 0 saturated carbocycles. The van der Waals surface area contributed by atoms with E-state index in [1.807, 2.05) is 12.1 Å². The molecule has 6 heteroatoms. The van der Waals surface area contributed by atoms with Crippen molar-refractivity contribution in [3.05, 3.63) is 35.1 Å². The summed E-state index contributed by atoms with van der Waals surface area (Å²) < 4.78 is 4.93. The molecule has 1 aromatic carbocycles. The fourth-order valence-electron chi connectivity index (χ4n) is 2.22. The third-order valence-corrected chi connectivity index (χ3v) is 3.67. The first-order valence-electron chi connectivity index (χ1n) is 6.16. The first-order valence-corrected chi connectivity index (χ1v) is 6.54. The van der Waals surface area contributed by atoms with Crippen LogP contribution >= 0.6 is 11.6 Å². The molecule has 0 spiro atoms. The minimum atomic E-state index is 0.0223. The lowest BCUT2D eigenvalue weighted by Crippen LogP contribution is -2.19. The summed E-state index contributed by atoms with van der Waals surface area (Å²) in [6, 6.07) is 4.03. The van der Waals surface area contributed by atoms with E-state index in [0.29, 0.717) is 23.9 Å². The SMILES string of the molecule is COc1ncc(-c2ccc3c(c2Cl)CCC(=O)N3)cn1. The lowest BCUT2D eigenvalue weighted by Gasteiger charge is -2.19. The quantitative estimate of drug-likeness (QED) is 0.923. The highest BCUT2D eigenvalue weighted by molar-refractivity contribution is 6.34. The molecule has 102 valence electrons. The fourth-order valence-corrected chi connectivity index (χ4v) is 2.59. The lowest BCUT2D eigenvalue weighted by atomic mass is 9.98. The van der Waals surface area contributed by atoms with Gasteiger partial charge in [-0.25, -0.2) is 9.97 Å². The minimum absolute atomic E-state index is 0.0223. The van der Waals surface area contributed by atoms with E-state index in [4.69, 9.17) is 16.3 Å². The number of rotatable bonds is 2. The van der Waals surface area contributed by atoms with Crippen LogP contribution in [0.2, 0.25) is 5.02 Å². The van der Waals surface area contributed by atoms with Crippen molar-refractivity contribution in [3.8, 4) is 17.1 Å². The van der Waals surface area contributed by atoms with Gasteiger partial charge in [0.25, 0.3) is 0 Å². The van der Waals surface area contributed by atoms with Crippen molar-refractivity contribution in [3.63, 3.8) is 0 Å². The van der Waals surface area contributed by atoms with Crippen LogP contribution in [0.1, 0.15) is 12.0 Å². The summed E-state index contributed by atoms with van der Waals surface area (Å²) in [6.07, 6.45) is 4.43. The van der Waals surface area contributed by atoms with Gasteiger partial charge in [-0.2, -0.15) is 0 Å². The van der Waals surface area contributed by atoms with Crippen molar-refractivity contribution in [2.45, 2.75) is 12.8 Å². The fraction of sp³-hybridized carbons (Fsp3) is 0.214. The van der Waals surface area contributed by atoms with E-state index in [2.05, 4.69) is 15.3 Å². The van der Waals surface area contributed by atoms with Crippen molar-refractivity contribution in [2.24, 2.45) is 0 Å². The van der Waals surface area contributed by atoms with Gasteiger partial charge in [0.15, 0.2) is 0 Å². The van der Waals surface area contributed by atoms with Crippen LogP contribution in [0.5, 0.6) is 6.01 Å². The van der Waals surface area contributed by atoms with Gasteiger partial charge in [0.1, 0.15) is 0 Å². The maximum atomic E-state index is 11.4. The van der Waals surface area contributed by atoms with E-state index >= 15 is 0 Å². The van der Waals surface area contributed by atoms with E-state index < -0.39 is 0 Å². The third-order valence-electron chi connectivity index (χ3n) is 3.24. The molecule has 0 bridgehead atoms. The van der Waals surface area contributed by atoms with Gasteiger partial charge in [0, 0.05) is 35.6 Å². The Morgan fingerprint density at radius 3 is 2.70 bits per heavy atom. The molecule has 0 fully saturated rings. The molecular formula is C14H12ClN3O2. The average molecular weight is 290 g/mol. The minimum Gasteiger partial charge on any atom is -0.467 e. The van der Waals surface area contributed by atoms with Crippen molar-refractivity contribution in [2.75, 3.05) is 12.4 Å². The van der Waals surface area contributed by atoms with E-state index in [1.165, 1.54) is 7.11 Å². The molecule has 2 heterocycles. The van der Waals surface area contributed by atoms with Gasteiger partial charge in [0.2, 0.25) is 5.91 Å². The molecule has 1 amide bonds. The second-order valence-corrected chi connectivity index (χ2v) is 4.84. The summed E-state index contributed by atoms with van der Waals surface area (Å²) in [6.45, 7) is 0. The van der Waals surface area contributed by atoms with E-state index in [1.54, 1.807) is 12.4 Å². The van der Waals surface area contributed by atoms with Crippen molar-refractivity contribution < 1.29 is 9.53 Å². The highest BCUT2D eigenvalue weighted by Gasteiger charge is 2.19. The molecule has 1 aliphatic heterocycles. The Morgan fingerprint density at radius 2 is 2.00 bits per heavy atom. The molecule has 0 aliphatic carbocycles. The van der Waals surface area contributed by atoms with Crippen molar-refractivity contribution in [1.29, 1.82) is 0 Å². The second kappa shape index (κ2) is 5.09. The van der Waals surface area contributed by atoms with Crippen LogP contribution in [0, 0.1) is 0 Å². The molecule has 0 radical (unpaired) electrons. The van der Waals surface area contributed by atoms with Gasteiger partial charge in [-0.05, 0) is 18.1 Å². The molecule has 2 aromatic rings. The Morgan fingerprint density at radius 1 is 1.25 bits per heavy atom. The number of methoxy groups -OCH3 is 1. The molecule has 3 rings (SSSR count). The molecule has 0 saturated heterocycles. The number of halogens is 1. The Hall–Kier alpha value is -2.14. The maximum Gasteiger partial charge on any atom is 0.316 e. The first-order chi connectivity index (χ1) is 9.69. The number of hydrogen-bond acceptors (Lipinski definition) is 4. The predicted octanol–water partition coefficient (Wildman–Crippen LogP) is 2.69. The first kappa shape index (κ1) is 12.9. The van der Waals surface area contributed by atoms with Gasteiger partial charge in [-0.3, -0.25) is 4.79 Å². The van der Waals surface area contributed by atoms with Crippen molar-refractivity contribution >= 4 is 23.2 Å². The Labute approximate surface area is 121 Å². The number of benzene rings is 1. The zero-order valence-corrected chi connectivity index (χ0v) is 11.6. The van der Waals surface area contributed by atoms with Gasteiger partial charge >= 0.3 is 6.01 Å². The van der Waals surface area contributed by atoms with E-state index in [0.717, 1.165) is 22.4 Å². The number of carbonyl (C=O) groups is 1. The standard InChI is InChI=1S/C14H12ClN3O2/c1-20-14-16-6-8(7-17-14)9-2-4-11-10(13(9)15)3-5-12(19)18-11/h2,4,6-7H,3,5H2,1H3,(H,18,19). The molecule has 0 unspecified atom stereocenters. The number of amides is 1. The number of ether oxygens (including phenoxy) is 1. The number of anilines is 1. The molecule has 1 N–H and O–H groups in total. The van der Waals surface area contributed by atoms with Crippen LogP contribution in [0.25, 0.3) is 11.1 Å². The van der Waals surface area contributed by atoms with Gasteiger partial charge in [-0.15, -0.1) is 0 Å². The number of aromatic nitrogens is 2. The predicted molar refractivity (Wildman–Crippen MR) is 76.0 cm³/mol. The smallest absolute Gasteiger partial charge is 0.316 e. The molecule has 20 heavy (non-hydrogen) atoms. The van der Waals surface area contributed by atoms with Gasteiger partial charge < -0.3 is 10.1 Å². The van der Waals surface area contributed by atoms with Gasteiger partial charge in [-0.1, -0.05) is 17.7 Å². The monoisotopic (exact) mass is 289 g/mol. The Kier molecular flexibility index (Phi) is 3.28. The number of carbonyl (C=O) groups excluding carboxylic acids is 1. The van der Waals surface area contributed by atoms with Gasteiger partial charge in [0.05, 0.1) is 12.1 Å². The summed E-state index contributed by atoms with van der Waals surface area (Å²) in [7, 11) is 1.52. The topological polar surface area (TPSA) is 64.1 Å². The van der Waals surface area contributed by atoms with Crippen LogP contribution in [0.4, 0.5) is 5.69 Å². The van der Waals surface area contributed by atoms with Crippen LogP contribution in [0.3, 0.4) is 0 Å². The molecule has 1 aromatic heterocycles. The van der Waals surface area contributed by atoms with E-state index in [-0.39, 0.29) is 5.91 Å². The molecule has 5 nitrogen and oxygen atoms in total. The van der Waals surface area contributed by atoms with Crippen LogP contribution in [-0.2, 0) is 11.2 Å². The number of hydrogen-bond donors (Lipinski definition) is 1. The number of fused-ring (bicyclic) bond motifs is 1. The molecule has 1 aliphatic rings. The van der Waals surface area contributed by atoms with Crippen LogP contribution in [0.15, 0.2) is 24.5 Å². The third kappa shape index (κ3) is 2.20. The van der Waals surface area contributed by atoms with E-state index in [9.17, 15) is 4.79 Å². The summed E-state index contributed by atoms with van der Waals surface area (Å²) >= 11 is 6.44. The molecule has 0 atom stereocenters. The normalized spacial score (nSPS) is 13.6. The Balaban J connectivity index is 2.04. The maximum absolute atomic E-state index is 11.4. The largest absolute Gasteiger partial charge is 0.467 e. The summed E-state index contributed by atoms with van der Waals surface area (Å²) in [5.74, 6) is 0.0223. The number of nitrogens with one attached hydrogen (secondary N) is 1. The average Bonchev–Trinajstić information content (AvgIpc) is 2.48. The van der Waals surface area contributed by atoms with Crippen LogP contribution < -0.4 is 10.1 Å². The molecular weight excluding hydrogens is 278 g/mol. The van der Waals surface area contributed by atoms with Crippen LogP contribution in [-0.4, -0.2) is 23.0 Å². The summed E-state index contributed by atoms with van der Waals surface area (Å²) in [5, 5.41) is 3.46. The number of nitrogens with zero attached hydrogens (tertiary/aromatic N) is 2. The summed E-state index contributed by atoms with van der Waals surface area (Å²) in [4.78, 5) is 19.5. The van der Waals surface area contributed by atoms with Crippen molar-refractivity contribution in [1.82, 2.24) is 9.97 Å². The highest BCUT2D eigenvalue weighted by atomic mass is 35.5. The Bertz CT molecular complexity index is 671. The zero-order valence-electron chi connectivity index (χ0n) is 10.8. The summed E-state index contributed by atoms with van der Waals surface area (Å²) in [5.41, 5.74) is 3.41. The zero-order chi connectivity index (χ0) is 14.1. The lowest BCUT2D eigenvalue weighted by molar-refractivity contribution is -0.116. The second-order valence-electron chi connectivity index (χ2n) is 4.46.